The van der Waals surface area contributed by atoms with Gasteiger partial charge in [0, 0.05) is 12.1 Å². The van der Waals surface area contributed by atoms with E-state index in [9.17, 15) is 9.59 Å². The summed E-state index contributed by atoms with van der Waals surface area (Å²) in [4.78, 5) is 23.1. The second-order valence-electron chi connectivity index (χ2n) is 5.13. The fourth-order valence-corrected chi connectivity index (χ4v) is 2.26. The zero-order valence-electron chi connectivity index (χ0n) is 11.7. The SMILES string of the molecule is O=C(/C=C/c1cc(Cl)c2c(c1)OCO2)NCC(=O)NC1CC1. The molecule has 0 spiro atoms. The van der Waals surface area contributed by atoms with Gasteiger partial charge in [0.25, 0.3) is 0 Å². The van der Waals surface area contributed by atoms with E-state index < -0.39 is 0 Å². The molecule has 0 aromatic heterocycles. The molecule has 0 saturated heterocycles. The third-order valence-electron chi connectivity index (χ3n) is 3.24. The number of benzene rings is 1. The molecule has 1 aromatic carbocycles. The molecule has 0 radical (unpaired) electrons. The first-order valence-electron chi connectivity index (χ1n) is 6.96. The summed E-state index contributed by atoms with van der Waals surface area (Å²) >= 11 is 6.05. The lowest BCUT2D eigenvalue weighted by Gasteiger charge is -2.04. The Morgan fingerprint density at radius 3 is 2.91 bits per heavy atom. The second-order valence-corrected chi connectivity index (χ2v) is 5.54. The Kier molecular flexibility index (Phi) is 4.20. The number of fused-ring (bicyclic) bond motifs is 1. The van der Waals surface area contributed by atoms with E-state index >= 15 is 0 Å². The fourth-order valence-electron chi connectivity index (χ4n) is 1.99. The zero-order valence-corrected chi connectivity index (χ0v) is 12.5. The molecule has 1 aromatic rings. The second kappa shape index (κ2) is 6.27. The van der Waals surface area contributed by atoms with Crippen LogP contribution in [-0.2, 0) is 9.59 Å². The minimum atomic E-state index is -0.347. The molecule has 0 atom stereocenters. The van der Waals surface area contributed by atoms with Crippen LogP contribution < -0.4 is 20.1 Å². The van der Waals surface area contributed by atoms with Crippen molar-refractivity contribution in [3.8, 4) is 11.5 Å². The van der Waals surface area contributed by atoms with E-state index in [1.165, 1.54) is 6.08 Å². The van der Waals surface area contributed by atoms with Crippen LogP contribution in [0.15, 0.2) is 18.2 Å². The Bertz CT molecular complexity index is 641. The van der Waals surface area contributed by atoms with Crippen molar-refractivity contribution in [3.05, 3.63) is 28.8 Å². The third-order valence-corrected chi connectivity index (χ3v) is 3.52. The molecule has 2 N–H and O–H groups in total. The maximum absolute atomic E-state index is 11.7. The first-order valence-corrected chi connectivity index (χ1v) is 7.34. The standard InChI is InChI=1S/C15H15ClN2O4/c16-11-5-9(6-12-15(11)22-8-21-12)1-4-13(19)17-7-14(20)18-10-2-3-10/h1,4-6,10H,2-3,7-8H2,(H,17,19)(H,18,20)/b4-1+. The number of carbonyl (C=O) groups is 2. The molecule has 2 amide bonds. The van der Waals surface area contributed by atoms with Gasteiger partial charge in [0.15, 0.2) is 11.5 Å². The third kappa shape index (κ3) is 3.71. The van der Waals surface area contributed by atoms with Crippen LogP contribution in [0.2, 0.25) is 5.02 Å². The fraction of sp³-hybridized carbons (Fsp3) is 0.333. The predicted molar refractivity (Wildman–Crippen MR) is 80.8 cm³/mol. The van der Waals surface area contributed by atoms with Crippen molar-refractivity contribution in [2.24, 2.45) is 0 Å². The average Bonchev–Trinajstić information content (AvgIpc) is 3.16. The summed E-state index contributed by atoms with van der Waals surface area (Å²) in [6.45, 7) is 0.111. The van der Waals surface area contributed by atoms with Crippen molar-refractivity contribution >= 4 is 29.5 Å². The molecule has 0 bridgehead atoms. The van der Waals surface area contributed by atoms with Crippen molar-refractivity contribution in [2.75, 3.05) is 13.3 Å². The molecule has 1 aliphatic heterocycles. The van der Waals surface area contributed by atoms with E-state index in [-0.39, 0.29) is 31.2 Å². The van der Waals surface area contributed by atoms with Crippen LogP contribution in [-0.4, -0.2) is 31.2 Å². The molecule has 0 unspecified atom stereocenters. The number of amides is 2. The van der Waals surface area contributed by atoms with Crippen LogP contribution in [0.3, 0.4) is 0 Å². The molecule has 1 fully saturated rings. The predicted octanol–water partition coefficient (Wildman–Crippen LogP) is 1.48. The summed E-state index contributed by atoms with van der Waals surface area (Å²) in [5.41, 5.74) is 0.715. The van der Waals surface area contributed by atoms with Gasteiger partial charge in [0.05, 0.1) is 11.6 Å². The van der Waals surface area contributed by atoms with Gasteiger partial charge in [-0.05, 0) is 36.6 Å². The first kappa shape index (κ1) is 14.7. The number of hydrogen-bond donors (Lipinski definition) is 2. The van der Waals surface area contributed by atoms with Crippen LogP contribution >= 0.6 is 11.6 Å². The molecule has 116 valence electrons. The molecule has 2 aliphatic rings. The summed E-state index contributed by atoms with van der Waals surface area (Å²) in [7, 11) is 0. The number of hydrogen-bond acceptors (Lipinski definition) is 4. The van der Waals surface area contributed by atoms with Crippen molar-refractivity contribution in [3.63, 3.8) is 0 Å². The maximum atomic E-state index is 11.7. The Labute approximate surface area is 132 Å². The van der Waals surface area contributed by atoms with Gasteiger partial charge in [-0.3, -0.25) is 9.59 Å². The summed E-state index contributed by atoms with van der Waals surface area (Å²) in [6, 6.07) is 3.70. The Balaban J connectivity index is 1.53. The zero-order chi connectivity index (χ0) is 15.5. The topological polar surface area (TPSA) is 76.7 Å². The van der Waals surface area contributed by atoms with Crippen LogP contribution in [0.4, 0.5) is 0 Å². The van der Waals surface area contributed by atoms with Crippen LogP contribution in [0.1, 0.15) is 18.4 Å². The van der Waals surface area contributed by atoms with E-state index in [0.717, 1.165) is 12.8 Å². The summed E-state index contributed by atoms with van der Waals surface area (Å²) in [5.74, 6) is 0.548. The minimum Gasteiger partial charge on any atom is -0.454 e. The van der Waals surface area contributed by atoms with E-state index in [0.29, 0.717) is 22.1 Å². The summed E-state index contributed by atoms with van der Waals surface area (Å²) in [5, 5.41) is 5.75. The highest BCUT2D eigenvalue weighted by atomic mass is 35.5. The number of rotatable bonds is 5. The highest BCUT2D eigenvalue weighted by Gasteiger charge is 2.23. The lowest BCUT2D eigenvalue weighted by molar-refractivity contribution is -0.124. The number of halogens is 1. The smallest absolute Gasteiger partial charge is 0.244 e. The maximum Gasteiger partial charge on any atom is 0.244 e. The Morgan fingerprint density at radius 1 is 1.32 bits per heavy atom. The molecular formula is C15H15ClN2O4. The lowest BCUT2D eigenvalue weighted by Crippen LogP contribution is -2.37. The van der Waals surface area contributed by atoms with Gasteiger partial charge in [-0.2, -0.15) is 0 Å². The molecule has 1 saturated carbocycles. The average molecular weight is 323 g/mol. The quantitative estimate of drug-likeness (QED) is 0.805. The first-order chi connectivity index (χ1) is 10.6. The van der Waals surface area contributed by atoms with E-state index in [2.05, 4.69) is 10.6 Å². The normalized spacial score (nSPS) is 15.9. The van der Waals surface area contributed by atoms with Crippen LogP contribution in [0.5, 0.6) is 11.5 Å². The molecule has 1 heterocycles. The van der Waals surface area contributed by atoms with Crippen LogP contribution in [0.25, 0.3) is 6.08 Å². The van der Waals surface area contributed by atoms with Gasteiger partial charge in [-0.1, -0.05) is 11.6 Å². The van der Waals surface area contributed by atoms with Crippen molar-refractivity contribution in [1.29, 1.82) is 0 Å². The van der Waals surface area contributed by atoms with Crippen LogP contribution in [0, 0.1) is 0 Å². The van der Waals surface area contributed by atoms with E-state index in [4.69, 9.17) is 21.1 Å². The lowest BCUT2D eigenvalue weighted by atomic mass is 10.2. The van der Waals surface area contributed by atoms with E-state index in [1.54, 1.807) is 18.2 Å². The monoisotopic (exact) mass is 322 g/mol. The van der Waals surface area contributed by atoms with Gasteiger partial charge >= 0.3 is 0 Å². The molecule has 6 nitrogen and oxygen atoms in total. The molecule has 3 rings (SSSR count). The number of carbonyl (C=O) groups excluding carboxylic acids is 2. The van der Waals surface area contributed by atoms with Crippen molar-refractivity contribution < 1.29 is 19.1 Å². The number of ether oxygens (including phenoxy) is 2. The van der Waals surface area contributed by atoms with Gasteiger partial charge in [0.1, 0.15) is 0 Å². The molecule has 7 heteroatoms. The van der Waals surface area contributed by atoms with Crippen molar-refractivity contribution in [1.82, 2.24) is 10.6 Å². The van der Waals surface area contributed by atoms with E-state index in [1.807, 2.05) is 0 Å². The minimum absolute atomic E-state index is 0.0262. The largest absolute Gasteiger partial charge is 0.454 e. The summed E-state index contributed by atoms with van der Waals surface area (Å²) in [6.07, 6.45) is 4.98. The van der Waals surface area contributed by atoms with Crippen molar-refractivity contribution in [2.45, 2.75) is 18.9 Å². The van der Waals surface area contributed by atoms with Gasteiger partial charge in [-0.25, -0.2) is 0 Å². The van der Waals surface area contributed by atoms with Gasteiger partial charge < -0.3 is 20.1 Å². The Morgan fingerprint density at radius 2 is 2.14 bits per heavy atom. The summed E-state index contributed by atoms with van der Waals surface area (Å²) < 4.78 is 10.5. The highest BCUT2D eigenvalue weighted by molar-refractivity contribution is 6.32. The van der Waals surface area contributed by atoms with Gasteiger partial charge in [-0.15, -0.1) is 0 Å². The molecule has 1 aliphatic carbocycles. The number of nitrogens with one attached hydrogen (secondary N) is 2. The molecule has 22 heavy (non-hydrogen) atoms. The van der Waals surface area contributed by atoms with Gasteiger partial charge in [0.2, 0.25) is 18.6 Å². The Hall–Kier alpha value is -2.21. The molecular weight excluding hydrogens is 308 g/mol. The highest BCUT2D eigenvalue weighted by Crippen LogP contribution is 2.39.